The molecule has 1 amide bonds. The van der Waals surface area contributed by atoms with Crippen LogP contribution in [-0.2, 0) is 22.4 Å². The number of ketones is 1. The number of aromatic nitrogens is 5. The monoisotopic (exact) mass is 666 g/mol. The summed E-state index contributed by atoms with van der Waals surface area (Å²) in [6, 6.07) is 1.58. The van der Waals surface area contributed by atoms with E-state index >= 15 is 4.39 Å². The number of piperazine rings is 1. The maximum Gasteiger partial charge on any atom is 0.442 e. The third-order valence-corrected chi connectivity index (χ3v) is 8.12. The minimum absolute atomic E-state index is 0.0149. The Balaban J connectivity index is 1.81. The van der Waals surface area contributed by atoms with Crippen molar-refractivity contribution >= 4 is 28.5 Å². The standard InChI is InChI=1S/C33H34F3N7O5/c1-5-7-25-29(26(8-6-2)38-17-37-25)42-32-22(15-23(35)28(43(32)48)21-13-20(34)14-24(36)30(21)46)31(39-33(42)47)41-12-11-40(16-18(41)3)27(45)10-9-19(4)44/h9-10,13-15,17-18,48H,5-8,11-12,16H2,1-4H3/p+1/b10-9+/t18-/m0/s1. The second-order valence-electron chi connectivity index (χ2n) is 11.6. The zero-order chi connectivity index (χ0) is 34.9. The van der Waals surface area contributed by atoms with E-state index < -0.39 is 46.2 Å². The van der Waals surface area contributed by atoms with Crippen LogP contribution in [0.4, 0.5) is 19.0 Å². The number of hydrogen-bond donors (Lipinski definition) is 2. The molecule has 1 saturated heterocycles. The summed E-state index contributed by atoms with van der Waals surface area (Å²) in [4.78, 5) is 54.6. The van der Waals surface area contributed by atoms with Crippen molar-refractivity contribution in [2.24, 2.45) is 0 Å². The van der Waals surface area contributed by atoms with Gasteiger partial charge in [0.15, 0.2) is 34.7 Å². The Morgan fingerprint density at radius 2 is 1.69 bits per heavy atom. The third-order valence-electron chi connectivity index (χ3n) is 8.12. The number of phenols is 1. The quantitative estimate of drug-likeness (QED) is 0.156. The fraction of sp³-hybridized carbons (Fsp3) is 0.364. The van der Waals surface area contributed by atoms with Crippen molar-refractivity contribution in [3.63, 3.8) is 0 Å². The van der Waals surface area contributed by atoms with Gasteiger partial charge in [0.05, 0.1) is 17.0 Å². The Morgan fingerprint density at radius 3 is 2.29 bits per heavy atom. The van der Waals surface area contributed by atoms with Gasteiger partial charge in [-0.2, -0.15) is 4.98 Å². The van der Waals surface area contributed by atoms with Crippen LogP contribution in [-0.4, -0.2) is 72.1 Å². The van der Waals surface area contributed by atoms with E-state index in [9.17, 15) is 33.5 Å². The van der Waals surface area contributed by atoms with Crippen molar-refractivity contribution in [3.05, 3.63) is 76.0 Å². The number of phenolic OH excluding ortho intramolecular Hbond substituents is 1. The first kappa shape index (κ1) is 34.0. The lowest BCUT2D eigenvalue weighted by molar-refractivity contribution is -0.878. The molecule has 1 aliphatic rings. The van der Waals surface area contributed by atoms with Crippen LogP contribution in [0.3, 0.4) is 0 Å². The summed E-state index contributed by atoms with van der Waals surface area (Å²) in [5, 5.41) is 22.2. The molecule has 5 rings (SSSR count). The molecule has 0 aliphatic carbocycles. The minimum atomic E-state index is -1.39. The minimum Gasteiger partial charge on any atom is -0.504 e. The number of hydrogen-bond acceptors (Lipinski definition) is 9. The largest absolute Gasteiger partial charge is 0.504 e. The molecule has 12 nitrogen and oxygen atoms in total. The van der Waals surface area contributed by atoms with Crippen molar-refractivity contribution in [1.29, 1.82) is 0 Å². The highest BCUT2D eigenvalue weighted by Gasteiger charge is 2.36. The Labute approximate surface area is 273 Å². The molecule has 48 heavy (non-hydrogen) atoms. The van der Waals surface area contributed by atoms with Crippen LogP contribution in [0, 0.1) is 17.5 Å². The summed E-state index contributed by atoms with van der Waals surface area (Å²) in [5.74, 6) is -5.50. The zero-order valence-corrected chi connectivity index (χ0v) is 26.9. The maximum absolute atomic E-state index is 16.1. The molecule has 3 aromatic heterocycles. The van der Waals surface area contributed by atoms with Crippen molar-refractivity contribution in [2.75, 3.05) is 24.5 Å². The van der Waals surface area contributed by atoms with E-state index in [2.05, 4.69) is 15.0 Å². The number of aryl methyl sites for hydroxylation is 2. The van der Waals surface area contributed by atoms with E-state index in [1.807, 2.05) is 13.8 Å². The SMILES string of the molecule is CCCc1ncnc(CCC)c1-n1c(=O)nc(N2CCN(C(=O)/C=C/C(C)=O)C[C@@H]2C)c2cc(F)c(-c3cc(F)cc(F)c3O)[n+](O)c21. The van der Waals surface area contributed by atoms with Gasteiger partial charge in [-0.05, 0) is 49.6 Å². The Hall–Kier alpha value is -5.34. The van der Waals surface area contributed by atoms with Crippen LogP contribution in [0.2, 0.25) is 0 Å². The van der Waals surface area contributed by atoms with E-state index in [0.717, 1.165) is 10.6 Å². The number of aromatic hydroxyl groups is 1. The Bertz CT molecular complexity index is 1990. The summed E-state index contributed by atoms with van der Waals surface area (Å²) in [5.41, 5.74) is -1.56. The molecule has 252 valence electrons. The molecule has 2 N–H and O–H groups in total. The maximum atomic E-state index is 16.1. The predicted octanol–water partition coefficient (Wildman–Crippen LogP) is 3.58. The number of anilines is 1. The van der Waals surface area contributed by atoms with Crippen molar-refractivity contribution in [2.45, 2.75) is 59.4 Å². The van der Waals surface area contributed by atoms with Gasteiger partial charge in [0, 0.05) is 37.8 Å². The number of amides is 1. The van der Waals surface area contributed by atoms with Gasteiger partial charge in [-0.3, -0.25) is 9.59 Å². The number of rotatable bonds is 9. The number of halogens is 3. The molecule has 4 aromatic rings. The molecule has 0 spiro atoms. The molecule has 0 radical (unpaired) electrons. The first-order valence-corrected chi connectivity index (χ1v) is 15.5. The van der Waals surface area contributed by atoms with Crippen LogP contribution < -0.4 is 15.3 Å². The smallest absolute Gasteiger partial charge is 0.442 e. The number of carbonyl (C=O) groups is 2. The molecule has 1 aromatic carbocycles. The van der Waals surface area contributed by atoms with Crippen molar-refractivity contribution in [3.8, 4) is 22.7 Å². The van der Waals surface area contributed by atoms with Gasteiger partial charge in [0.25, 0.3) is 0 Å². The average molecular weight is 667 g/mol. The zero-order valence-electron chi connectivity index (χ0n) is 26.9. The highest BCUT2D eigenvalue weighted by Crippen LogP contribution is 2.35. The first-order chi connectivity index (χ1) is 22.9. The van der Waals surface area contributed by atoms with E-state index in [4.69, 9.17) is 0 Å². The summed E-state index contributed by atoms with van der Waals surface area (Å²) < 4.78 is 46.3. The topological polar surface area (TPSA) is 146 Å². The molecule has 1 fully saturated rings. The van der Waals surface area contributed by atoms with Crippen LogP contribution in [0.5, 0.6) is 5.75 Å². The summed E-state index contributed by atoms with van der Waals surface area (Å²) in [6.45, 7) is 7.40. The lowest BCUT2D eigenvalue weighted by Gasteiger charge is -2.40. The highest BCUT2D eigenvalue weighted by molar-refractivity contribution is 5.97. The predicted molar refractivity (Wildman–Crippen MR) is 168 cm³/mol. The van der Waals surface area contributed by atoms with Gasteiger partial charge in [-0.15, -0.1) is 4.57 Å². The molecule has 0 saturated carbocycles. The van der Waals surface area contributed by atoms with Gasteiger partial charge in [-0.25, -0.2) is 27.9 Å². The lowest BCUT2D eigenvalue weighted by Crippen LogP contribution is -2.54. The van der Waals surface area contributed by atoms with E-state index in [1.54, 1.807) is 11.8 Å². The lowest BCUT2D eigenvalue weighted by atomic mass is 10.1. The van der Waals surface area contributed by atoms with Crippen LogP contribution in [0.15, 0.2) is 41.5 Å². The number of pyridine rings is 1. The molecule has 1 atom stereocenters. The van der Waals surface area contributed by atoms with Crippen LogP contribution >= 0.6 is 0 Å². The van der Waals surface area contributed by atoms with Gasteiger partial charge < -0.3 is 20.1 Å². The fourth-order valence-corrected chi connectivity index (χ4v) is 5.98. The third kappa shape index (κ3) is 6.31. The second kappa shape index (κ2) is 13.8. The number of fused-ring (bicyclic) bond motifs is 1. The highest BCUT2D eigenvalue weighted by atomic mass is 19.1. The number of carbonyl (C=O) groups excluding carboxylic acids is 2. The van der Waals surface area contributed by atoms with Crippen molar-refractivity contribution < 1.29 is 37.8 Å². The van der Waals surface area contributed by atoms with Crippen LogP contribution in [0.25, 0.3) is 28.0 Å². The summed E-state index contributed by atoms with van der Waals surface area (Å²) in [7, 11) is 0. The molecule has 1 aliphatic heterocycles. The summed E-state index contributed by atoms with van der Waals surface area (Å²) >= 11 is 0. The number of nitrogens with zero attached hydrogens (tertiary/aromatic N) is 7. The first-order valence-electron chi connectivity index (χ1n) is 15.5. The molecular weight excluding hydrogens is 631 g/mol. The molecule has 15 heteroatoms. The second-order valence-corrected chi connectivity index (χ2v) is 11.6. The normalized spacial score (nSPS) is 15.1. The number of allylic oxidation sites excluding steroid dienone is 1. The fourth-order valence-electron chi connectivity index (χ4n) is 5.98. The number of benzene rings is 1. The molecule has 0 bridgehead atoms. The van der Waals surface area contributed by atoms with E-state index in [0.29, 0.717) is 49.2 Å². The van der Waals surface area contributed by atoms with Gasteiger partial charge >= 0.3 is 11.3 Å². The Morgan fingerprint density at radius 1 is 1.02 bits per heavy atom. The molecule has 4 heterocycles. The Kier molecular flexibility index (Phi) is 9.77. The molecular formula is C33H35F3N7O5+. The van der Waals surface area contributed by atoms with Crippen LogP contribution in [0.1, 0.15) is 51.9 Å². The average Bonchev–Trinajstić information content (AvgIpc) is 3.03. The van der Waals surface area contributed by atoms with E-state index in [-0.39, 0.29) is 58.6 Å². The molecule has 0 unspecified atom stereocenters. The van der Waals surface area contributed by atoms with Gasteiger partial charge in [0.1, 0.15) is 17.5 Å². The summed E-state index contributed by atoms with van der Waals surface area (Å²) in [6.07, 6.45) is 5.80. The van der Waals surface area contributed by atoms with Gasteiger partial charge in [0.2, 0.25) is 11.6 Å². The van der Waals surface area contributed by atoms with Gasteiger partial charge in [-0.1, -0.05) is 26.7 Å². The van der Waals surface area contributed by atoms with Crippen molar-refractivity contribution in [1.82, 2.24) is 24.4 Å². The van der Waals surface area contributed by atoms with E-state index in [1.165, 1.54) is 30.3 Å².